The minimum absolute atomic E-state index is 0.0532. The molecule has 0 saturated carbocycles. The lowest BCUT2D eigenvalue weighted by Gasteiger charge is -2.31. The number of rotatable bonds is 4. The van der Waals surface area contributed by atoms with Crippen molar-refractivity contribution in [1.29, 1.82) is 0 Å². The fourth-order valence-electron chi connectivity index (χ4n) is 3.28. The van der Waals surface area contributed by atoms with Crippen molar-refractivity contribution in [2.75, 3.05) is 44.2 Å². The molecule has 0 aromatic heterocycles. The summed E-state index contributed by atoms with van der Waals surface area (Å²) in [6.07, 6.45) is 0.280. The number of hydrogen-bond donors (Lipinski definition) is 1. The van der Waals surface area contributed by atoms with E-state index in [9.17, 15) is 13.6 Å². The van der Waals surface area contributed by atoms with Crippen molar-refractivity contribution in [1.82, 2.24) is 10.2 Å². The molecule has 24 heavy (non-hydrogen) atoms. The van der Waals surface area contributed by atoms with E-state index in [1.54, 1.807) is 0 Å². The first-order valence-corrected chi connectivity index (χ1v) is 8.41. The zero-order valence-corrected chi connectivity index (χ0v) is 13.8. The summed E-state index contributed by atoms with van der Waals surface area (Å²) in [5, 5.41) is 3.00. The maximum absolute atomic E-state index is 13.9. The average Bonchev–Trinajstić information content (AvgIpc) is 3.03. The van der Waals surface area contributed by atoms with E-state index >= 15 is 0 Å². The third kappa shape index (κ3) is 3.84. The van der Waals surface area contributed by atoms with Crippen LogP contribution in [0.5, 0.6) is 0 Å². The number of morpholine rings is 1. The Labute approximate surface area is 140 Å². The molecule has 0 radical (unpaired) electrons. The van der Waals surface area contributed by atoms with Gasteiger partial charge in [0.1, 0.15) is 17.7 Å². The molecule has 2 heterocycles. The van der Waals surface area contributed by atoms with Gasteiger partial charge >= 0.3 is 0 Å². The lowest BCUT2D eigenvalue weighted by molar-refractivity contribution is -0.139. The predicted molar refractivity (Wildman–Crippen MR) is 87.0 cm³/mol. The molecule has 2 aliphatic rings. The van der Waals surface area contributed by atoms with E-state index in [2.05, 4.69) is 17.1 Å². The smallest absolute Gasteiger partial charge is 0.250 e. The summed E-state index contributed by atoms with van der Waals surface area (Å²) < 4.78 is 32.4. The molecular formula is C17H23F2N3O2. The van der Waals surface area contributed by atoms with Crippen molar-refractivity contribution < 1.29 is 18.3 Å². The van der Waals surface area contributed by atoms with E-state index in [0.717, 1.165) is 25.6 Å². The molecule has 2 saturated heterocycles. The highest BCUT2D eigenvalue weighted by atomic mass is 19.1. The third-order valence-electron chi connectivity index (χ3n) is 4.68. The number of nitrogens with one attached hydrogen (secondary N) is 1. The molecule has 1 N–H and O–H groups in total. The zero-order valence-electron chi connectivity index (χ0n) is 13.8. The highest BCUT2D eigenvalue weighted by molar-refractivity contribution is 5.81. The van der Waals surface area contributed by atoms with Gasteiger partial charge in [0.05, 0.1) is 12.3 Å². The predicted octanol–water partition coefficient (Wildman–Crippen LogP) is 1.38. The van der Waals surface area contributed by atoms with Crippen LogP contribution < -0.4 is 10.2 Å². The van der Waals surface area contributed by atoms with Gasteiger partial charge in [-0.25, -0.2) is 8.78 Å². The molecule has 0 spiro atoms. The van der Waals surface area contributed by atoms with Crippen LogP contribution >= 0.6 is 0 Å². The molecule has 2 atom stereocenters. The summed E-state index contributed by atoms with van der Waals surface area (Å²) in [5.74, 6) is -1.27. The van der Waals surface area contributed by atoms with Crippen LogP contribution in [0.2, 0.25) is 0 Å². The van der Waals surface area contributed by atoms with Crippen LogP contribution in [0.4, 0.5) is 14.5 Å². The number of carbonyl (C=O) groups is 1. The standard InChI is InChI=1S/C17H23F2N3O2/c1-2-21-7-8-24-16(11-21)17(23)20-13-5-6-22(10-13)15-4-3-12(18)9-14(15)19/h3-4,9,13,16H,2,5-8,10-11H2,1H3,(H,20,23)/t13-,16+/m0/s1. The highest BCUT2D eigenvalue weighted by Gasteiger charge is 2.30. The summed E-state index contributed by atoms with van der Waals surface area (Å²) in [5.41, 5.74) is 0.374. The Morgan fingerprint density at radius 2 is 2.17 bits per heavy atom. The van der Waals surface area contributed by atoms with Crippen molar-refractivity contribution >= 4 is 11.6 Å². The molecule has 0 bridgehead atoms. The number of amides is 1. The number of ether oxygens (including phenoxy) is 1. The molecule has 2 aliphatic heterocycles. The summed E-state index contributed by atoms with van der Waals surface area (Å²) in [4.78, 5) is 16.4. The van der Waals surface area contributed by atoms with Crippen molar-refractivity contribution in [3.63, 3.8) is 0 Å². The van der Waals surface area contributed by atoms with Gasteiger partial charge in [-0.2, -0.15) is 0 Å². The second-order valence-electron chi connectivity index (χ2n) is 6.29. The second-order valence-corrected chi connectivity index (χ2v) is 6.29. The number of carbonyl (C=O) groups excluding carboxylic acids is 1. The normalized spacial score (nSPS) is 25.0. The van der Waals surface area contributed by atoms with Gasteiger partial charge in [0.25, 0.3) is 5.91 Å². The van der Waals surface area contributed by atoms with E-state index < -0.39 is 17.7 Å². The van der Waals surface area contributed by atoms with Crippen molar-refractivity contribution in [3.05, 3.63) is 29.8 Å². The molecule has 0 unspecified atom stereocenters. The monoisotopic (exact) mass is 339 g/mol. The maximum Gasteiger partial charge on any atom is 0.250 e. The summed E-state index contributed by atoms with van der Waals surface area (Å²) >= 11 is 0. The number of nitrogens with zero attached hydrogens (tertiary/aromatic N) is 2. The molecule has 132 valence electrons. The number of benzene rings is 1. The Balaban J connectivity index is 1.55. The van der Waals surface area contributed by atoms with Crippen LogP contribution in [0.1, 0.15) is 13.3 Å². The first-order valence-electron chi connectivity index (χ1n) is 8.41. The lowest BCUT2D eigenvalue weighted by Crippen LogP contribution is -2.52. The minimum atomic E-state index is -0.588. The van der Waals surface area contributed by atoms with Crippen molar-refractivity contribution in [2.45, 2.75) is 25.5 Å². The molecule has 1 aromatic carbocycles. The van der Waals surface area contributed by atoms with Gasteiger partial charge in [0.15, 0.2) is 0 Å². The first-order chi connectivity index (χ1) is 11.6. The SMILES string of the molecule is CCN1CCO[C@@H](C(=O)N[C@H]2CCN(c3ccc(F)cc3F)C2)C1. The highest BCUT2D eigenvalue weighted by Crippen LogP contribution is 2.24. The molecular weight excluding hydrogens is 316 g/mol. The molecule has 1 amide bonds. The van der Waals surface area contributed by atoms with Crippen LogP contribution in [0.25, 0.3) is 0 Å². The lowest BCUT2D eigenvalue weighted by atomic mass is 10.2. The molecule has 3 rings (SSSR count). The van der Waals surface area contributed by atoms with Crippen LogP contribution in [0, 0.1) is 11.6 Å². The molecule has 1 aromatic rings. The Hall–Kier alpha value is -1.73. The Morgan fingerprint density at radius 1 is 1.33 bits per heavy atom. The molecule has 7 heteroatoms. The molecule has 0 aliphatic carbocycles. The largest absolute Gasteiger partial charge is 0.367 e. The Bertz CT molecular complexity index is 599. The average molecular weight is 339 g/mol. The van der Waals surface area contributed by atoms with E-state index in [1.165, 1.54) is 12.1 Å². The quantitative estimate of drug-likeness (QED) is 0.900. The van der Waals surface area contributed by atoms with Gasteiger partial charge in [-0.05, 0) is 25.1 Å². The van der Waals surface area contributed by atoms with Gasteiger partial charge < -0.3 is 15.0 Å². The van der Waals surface area contributed by atoms with Crippen LogP contribution in [-0.4, -0.2) is 62.3 Å². The fraction of sp³-hybridized carbons (Fsp3) is 0.588. The second kappa shape index (κ2) is 7.44. The Kier molecular flexibility index (Phi) is 5.30. The van der Waals surface area contributed by atoms with E-state index in [-0.39, 0.29) is 11.9 Å². The van der Waals surface area contributed by atoms with Gasteiger partial charge in [-0.1, -0.05) is 6.92 Å². The Morgan fingerprint density at radius 3 is 2.92 bits per heavy atom. The van der Waals surface area contributed by atoms with Gasteiger partial charge in [-0.3, -0.25) is 9.69 Å². The number of anilines is 1. The molecule has 5 nitrogen and oxygen atoms in total. The van der Waals surface area contributed by atoms with E-state index in [4.69, 9.17) is 4.74 Å². The van der Waals surface area contributed by atoms with Crippen LogP contribution in [0.15, 0.2) is 18.2 Å². The van der Waals surface area contributed by atoms with Crippen molar-refractivity contribution in [3.8, 4) is 0 Å². The van der Waals surface area contributed by atoms with Crippen molar-refractivity contribution in [2.24, 2.45) is 0 Å². The number of likely N-dealkylation sites (N-methyl/N-ethyl adjacent to an activating group) is 1. The van der Waals surface area contributed by atoms with Gasteiger partial charge in [-0.15, -0.1) is 0 Å². The summed E-state index contributed by atoms with van der Waals surface area (Å²) in [6, 6.07) is 3.52. The minimum Gasteiger partial charge on any atom is -0.367 e. The zero-order chi connectivity index (χ0) is 17.1. The topological polar surface area (TPSA) is 44.8 Å². The van der Waals surface area contributed by atoms with E-state index in [0.29, 0.717) is 31.9 Å². The van der Waals surface area contributed by atoms with Gasteiger partial charge in [0, 0.05) is 38.3 Å². The van der Waals surface area contributed by atoms with Gasteiger partial charge in [0.2, 0.25) is 0 Å². The van der Waals surface area contributed by atoms with Crippen LogP contribution in [-0.2, 0) is 9.53 Å². The van der Waals surface area contributed by atoms with Crippen LogP contribution in [0.3, 0.4) is 0 Å². The summed E-state index contributed by atoms with van der Waals surface area (Å²) in [6.45, 7) is 6.11. The number of halogens is 2. The van der Waals surface area contributed by atoms with E-state index in [1.807, 2.05) is 4.90 Å². The summed E-state index contributed by atoms with van der Waals surface area (Å²) in [7, 11) is 0. The number of hydrogen-bond acceptors (Lipinski definition) is 4. The molecule has 2 fully saturated rings. The maximum atomic E-state index is 13.9. The third-order valence-corrected chi connectivity index (χ3v) is 4.68. The first kappa shape index (κ1) is 17.1. The fourth-order valence-corrected chi connectivity index (χ4v) is 3.28.